The Morgan fingerprint density at radius 3 is 2.87 bits per heavy atom. The van der Waals surface area contributed by atoms with E-state index in [0.29, 0.717) is 12.0 Å². The van der Waals surface area contributed by atoms with Crippen LogP contribution < -0.4 is 10.2 Å². The summed E-state index contributed by atoms with van der Waals surface area (Å²) in [5.41, 5.74) is 1.05. The normalized spacial score (nSPS) is 23.6. The van der Waals surface area contributed by atoms with Crippen LogP contribution in [0.3, 0.4) is 0 Å². The van der Waals surface area contributed by atoms with Crippen molar-refractivity contribution in [1.29, 1.82) is 0 Å². The van der Waals surface area contributed by atoms with Gasteiger partial charge in [-0.25, -0.2) is 14.4 Å². The quantitative estimate of drug-likeness (QED) is 0.939. The number of ether oxygens (including phenoxy) is 1. The zero-order valence-corrected chi connectivity index (χ0v) is 12.8. The first kappa shape index (κ1) is 14.4. The summed E-state index contributed by atoms with van der Waals surface area (Å²) in [5, 5.41) is 3.43. The minimum absolute atomic E-state index is 0.176. The SMILES string of the molecule is Fc1cccc([C@@H]2C[C@H]2Nc2cc(N3CCOCC3)ncn2)c1. The average molecular weight is 314 g/mol. The van der Waals surface area contributed by atoms with Crippen molar-refractivity contribution in [2.45, 2.75) is 18.4 Å². The molecule has 2 fully saturated rings. The molecule has 1 aliphatic carbocycles. The number of nitrogens with zero attached hydrogens (tertiary/aromatic N) is 3. The summed E-state index contributed by atoms with van der Waals surface area (Å²) < 4.78 is 18.7. The van der Waals surface area contributed by atoms with Crippen LogP contribution in [0.5, 0.6) is 0 Å². The van der Waals surface area contributed by atoms with Gasteiger partial charge in [0.05, 0.1) is 13.2 Å². The predicted molar refractivity (Wildman–Crippen MR) is 86.2 cm³/mol. The molecule has 1 saturated carbocycles. The molecule has 2 aliphatic rings. The minimum atomic E-state index is -0.176. The zero-order valence-electron chi connectivity index (χ0n) is 12.8. The maximum atomic E-state index is 13.3. The van der Waals surface area contributed by atoms with E-state index < -0.39 is 0 Å². The van der Waals surface area contributed by atoms with Crippen molar-refractivity contribution in [3.05, 3.63) is 48.0 Å². The van der Waals surface area contributed by atoms with Gasteiger partial charge < -0.3 is 15.0 Å². The highest BCUT2D eigenvalue weighted by molar-refractivity contribution is 5.50. The monoisotopic (exact) mass is 314 g/mol. The van der Waals surface area contributed by atoms with Crippen molar-refractivity contribution < 1.29 is 9.13 Å². The van der Waals surface area contributed by atoms with Gasteiger partial charge in [0.15, 0.2) is 0 Å². The fourth-order valence-electron chi connectivity index (χ4n) is 3.04. The van der Waals surface area contributed by atoms with Crippen LogP contribution in [0.1, 0.15) is 17.9 Å². The molecule has 23 heavy (non-hydrogen) atoms. The van der Waals surface area contributed by atoms with E-state index in [0.717, 1.165) is 49.9 Å². The molecule has 1 saturated heterocycles. The minimum Gasteiger partial charge on any atom is -0.378 e. The molecule has 1 aliphatic heterocycles. The van der Waals surface area contributed by atoms with Gasteiger partial charge in [-0.15, -0.1) is 0 Å². The molecule has 0 radical (unpaired) electrons. The van der Waals surface area contributed by atoms with Crippen molar-refractivity contribution in [3.63, 3.8) is 0 Å². The molecule has 4 rings (SSSR count). The van der Waals surface area contributed by atoms with Crippen LogP contribution in [0.25, 0.3) is 0 Å². The van der Waals surface area contributed by atoms with Gasteiger partial charge in [0.1, 0.15) is 23.8 Å². The standard InChI is InChI=1S/C17H19FN4O/c18-13-3-1-2-12(8-13)14-9-15(14)21-16-10-17(20-11-19-16)22-4-6-23-7-5-22/h1-3,8,10-11,14-15H,4-7,9H2,(H,19,20,21)/t14-,15+/m0/s1. The average Bonchev–Trinajstić information content (AvgIpc) is 3.35. The summed E-state index contributed by atoms with van der Waals surface area (Å²) in [4.78, 5) is 10.9. The Morgan fingerprint density at radius 2 is 2.04 bits per heavy atom. The van der Waals surface area contributed by atoms with E-state index in [9.17, 15) is 4.39 Å². The Bertz CT molecular complexity index is 690. The number of morpholine rings is 1. The molecule has 0 unspecified atom stereocenters. The molecule has 120 valence electrons. The number of halogens is 1. The Balaban J connectivity index is 1.42. The molecule has 1 N–H and O–H groups in total. The van der Waals surface area contributed by atoms with Crippen molar-refractivity contribution in [2.75, 3.05) is 36.5 Å². The van der Waals surface area contributed by atoms with Crippen LogP contribution in [-0.2, 0) is 4.74 Å². The van der Waals surface area contributed by atoms with Crippen LogP contribution in [-0.4, -0.2) is 42.3 Å². The molecule has 0 bridgehead atoms. The summed E-state index contributed by atoms with van der Waals surface area (Å²) in [5.74, 6) is 1.93. The summed E-state index contributed by atoms with van der Waals surface area (Å²) in [6.07, 6.45) is 2.59. The summed E-state index contributed by atoms with van der Waals surface area (Å²) in [7, 11) is 0. The molecule has 1 aromatic carbocycles. The van der Waals surface area contributed by atoms with Crippen LogP contribution in [0, 0.1) is 5.82 Å². The maximum Gasteiger partial charge on any atom is 0.134 e. The molecule has 2 atom stereocenters. The highest BCUT2D eigenvalue weighted by atomic mass is 19.1. The molecule has 6 heteroatoms. The van der Waals surface area contributed by atoms with Gasteiger partial charge in [0, 0.05) is 31.1 Å². The molecular weight excluding hydrogens is 295 g/mol. The lowest BCUT2D eigenvalue weighted by Gasteiger charge is -2.27. The Kier molecular flexibility index (Phi) is 3.83. The number of hydrogen-bond acceptors (Lipinski definition) is 5. The van der Waals surface area contributed by atoms with E-state index in [2.05, 4.69) is 20.2 Å². The predicted octanol–water partition coefficient (Wildman–Crippen LogP) is 2.42. The fraction of sp³-hybridized carbons (Fsp3) is 0.412. The van der Waals surface area contributed by atoms with E-state index >= 15 is 0 Å². The van der Waals surface area contributed by atoms with Gasteiger partial charge in [-0.3, -0.25) is 0 Å². The van der Waals surface area contributed by atoms with Crippen molar-refractivity contribution >= 4 is 11.6 Å². The molecule has 0 amide bonds. The van der Waals surface area contributed by atoms with Crippen LogP contribution in [0.4, 0.5) is 16.0 Å². The lowest BCUT2D eigenvalue weighted by Crippen LogP contribution is -2.36. The van der Waals surface area contributed by atoms with E-state index in [1.54, 1.807) is 18.5 Å². The number of rotatable bonds is 4. The molecule has 2 heterocycles. The highest BCUT2D eigenvalue weighted by Crippen LogP contribution is 2.42. The van der Waals surface area contributed by atoms with Crippen LogP contribution >= 0.6 is 0 Å². The van der Waals surface area contributed by atoms with Crippen LogP contribution in [0.2, 0.25) is 0 Å². The first-order chi connectivity index (χ1) is 11.3. The smallest absolute Gasteiger partial charge is 0.134 e. The molecule has 0 spiro atoms. The number of anilines is 2. The Morgan fingerprint density at radius 1 is 1.17 bits per heavy atom. The van der Waals surface area contributed by atoms with Gasteiger partial charge in [0.2, 0.25) is 0 Å². The fourth-order valence-corrected chi connectivity index (χ4v) is 3.04. The second-order valence-corrected chi connectivity index (χ2v) is 6.01. The number of nitrogens with one attached hydrogen (secondary N) is 1. The lowest BCUT2D eigenvalue weighted by molar-refractivity contribution is 0.122. The number of benzene rings is 1. The third-order valence-electron chi connectivity index (χ3n) is 4.39. The Hall–Kier alpha value is -2.21. The van der Waals surface area contributed by atoms with Crippen molar-refractivity contribution in [2.24, 2.45) is 0 Å². The Labute approximate surface area is 134 Å². The largest absolute Gasteiger partial charge is 0.378 e. The van der Waals surface area contributed by atoms with Gasteiger partial charge >= 0.3 is 0 Å². The van der Waals surface area contributed by atoms with Gasteiger partial charge in [-0.05, 0) is 24.1 Å². The van der Waals surface area contributed by atoms with Crippen LogP contribution in [0.15, 0.2) is 36.7 Å². The number of hydrogen-bond donors (Lipinski definition) is 1. The third kappa shape index (κ3) is 3.27. The van der Waals surface area contributed by atoms with E-state index in [4.69, 9.17) is 4.74 Å². The molecular formula is C17H19FN4O. The lowest BCUT2D eigenvalue weighted by atomic mass is 10.1. The summed E-state index contributed by atoms with van der Waals surface area (Å²) >= 11 is 0. The maximum absolute atomic E-state index is 13.3. The topological polar surface area (TPSA) is 50.3 Å². The van der Waals surface area contributed by atoms with E-state index in [1.807, 2.05) is 12.1 Å². The summed E-state index contributed by atoms with van der Waals surface area (Å²) in [6, 6.07) is 9.13. The first-order valence-corrected chi connectivity index (χ1v) is 7.96. The second-order valence-electron chi connectivity index (χ2n) is 6.01. The summed E-state index contributed by atoms with van der Waals surface area (Å²) in [6.45, 7) is 3.17. The zero-order chi connectivity index (χ0) is 15.6. The third-order valence-corrected chi connectivity index (χ3v) is 4.39. The van der Waals surface area contributed by atoms with E-state index in [1.165, 1.54) is 6.07 Å². The molecule has 2 aromatic rings. The van der Waals surface area contributed by atoms with Gasteiger partial charge in [0.25, 0.3) is 0 Å². The van der Waals surface area contributed by atoms with Crippen molar-refractivity contribution in [1.82, 2.24) is 9.97 Å². The number of aromatic nitrogens is 2. The highest BCUT2D eigenvalue weighted by Gasteiger charge is 2.38. The van der Waals surface area contributed by atoms with E-state index in [-0.39, 0.29) is 5.82 Å². The molecule has 1 aromatic heterocycles. The second kappa shape index (κ2) is 6.12. The van der Waals surface area contributed by atoms with Gasteiger partial charge in [-0.1, -0.05) is 12.1 Å². The van der Waals surface area contributed by atoms with Gasteiger partial charge in [-0.2, -0.15) is 0 Å². The first-order valence-electron chi connectivity index (χ1n) is 7.96. The van der Waals surface area contributed by atoms with Crippen molar-refractivity contribution in [3.8, 4) is 0 Å². The molecule has 5 nitrogen and oxygen atoms in total.